The van der Waals surface area contributed by atoms with E-state index in [2.05, 4.69) is 15.4 Å². The highest BCUT2D eigenvalue weighted by Crippen LogP contribution is 2.16. The molecule has 4 rings (SSSR count). The highest BCUT2D eigenvalue weighted by atomic mass is 127. The van der Waals surface area contributed by atoms with Crippen LogP contribution in [0.4, 0.5) is 5.69 Å². The Balaban J connectivity index is 0.00000306. The van der Waals surface area contributed by atoms with E-state index in [1.807, 2.05) is 48.5 Å². The van der Waals surface area contributed by atoms with Crippen LogP contribution >= 0.6 is 24.0 Å². The van der Waals surface area contributed by atoms with Crippen molar-refractivity contribution in [1.29, 1.82) is 0 Å². The lowest BCUT2D eigenvalue weighted by molar-refractivity contribution is -0.120. The molecule has 3 aromatic rings. The Bertz CT molecular complexity index is 1170. The summed E-state index contributed by atoms with van der Waals surface area (Å²) in [5.74, 6) is 0.719. The summed E-state index contributed by atoms with van der Waals surface area (Å²) in [6, 6.07) is 13.3. The number of guanidine groups is 1. The average molecular weight is 561 g/mol. The van der Waals surface area contributed by atoms with Crippen LogP contribution in [0.1, 0.15) is 11.1 Å². The Morgan fingerprint density at radius 2 is 1.85 bits per heavy atom. The molecule has 174 valence electrons. The number of carbonyl (C=O) groups excluding carboxylic acids is 1. The number of amides is 1. The minimum Gasteiger partial charge on any atom is -0.352 e. The average Bonchev–Trinajstić information content (AvgIpc) is 3.23. The summed E-state index contributed by atoms with van der Waals surface area (Å²) >= 11 is 0. The Kier molecular flexibility index (Phi) is 8.26. The van der Waals surface area contributed by atoms with E-state index in [-0.39, 0.29) is 42.0 Å². The van der Waals surface area contributed by atoms with Crippen molar-refractivity contribution in [3.8, 4) is 0 Å². The minimum absolute atomic E-state index is 0. The maximum atomic E-state index is 12.7. The Hall–Kier alpha value is -3.15. The largest absolute Gasteiger partial charge is 0.352 e. The summed E-state index contributed by atoms with van der Waals surface area (Å²) in [6.07, 6.45) is 5.34. The number of nitrogens with zero attached hydrogens (tertiary/aromatic N) is 6. The van der Waals surface area contributed by atoms with Crippen LogP contribution in [0.2, 0.25) is 0 Å². The van der Waals surface area contributed by atoms with Gasteiger partial charge in [0.25, 0.3) is 5.56 Å². The molecule has 0 aliphatic carbocycles. The fourth-order valence-corrected chi connectivity index (χ4v) is 3.74. The molecule has 1 fully saturated rings. The zero-order valence-electron chi connectivity index (χ0n) is 18.7. The SMILES string of the molecule is CN=C(NCc1ccc(Cn2ccccc2=O)cc1)N1CCN(c2cnn(C)c2)C(=O)C1.I. The third-order valence-electron chi connectivity index (χ3n) is 5.46. The predicted molar refractivity (Wildman–Crippen MR) is 139 cm³/mol. The number of aromatic nitrogens is 3. The van der Waals surface area contributed by atoms with Gasteiger partial charge >= 0.3 is 0 Å². The molecule has 0 unspecified atom stereocenters. The molecule has 0 bridgehead atoms. The van der Waals surface area contributed by atoms with Gasteiger partial charge in [-0.25, -0.2) is 0 Å². The first kappa shape index (κ1) is 24.5. The van der Waals surface area contributed by atoms with Crippen LogP contribution < -0.4 is 15.8 Å². The number of pyridine rings is 1. The van der Waals surface area contributed by atoms with Crippen molar-refractivity contribution in [2.24, 2.45) is 12.0 Å². The zero-order valence-corrected chi connectivity index (χ0v) is 21.0. The monoisotopic (exact) mass is 561 g/mol. The third-order valence-corrected chi connectivity index (χ3v) is 5.46. The first-order chi connectivity index (χ1) is 15.5. The van der Waals surface area contributed by atoms with Gasteiger partial charge in [0, 0.05) is 52.2 Å². The van der Waals surface area contributed by atoms with Gasteiger partial charge in [-0.05, 0) is 17.2 Å². The van der Waals surface area contributed by atoms with E-state index in [1.54, 1.807) is 45.7 Å². The first-order valence-electron chi connectivity index (χ1n) is 10.5. The molecule has 0 radical (unpaired) electrons. The molecular formula is C23H28IN7O2. The van der Waals surface area contributed by atoms with Crippen LogP contribution in [-0.4, -0.2) is 57.8 Å². The second-order valence-electron chi connectivity index (χ2n) is 7.72. The van der Waals surface area contributed by atoms with Crippen molar-refractivity contribution in [3.05, 3.63) is 82.5 Å². The number of hydrogen-bond acceptors (Lipinski definition) is 4. The number of hydrogen-bond donors (Lipinski definition) is 1. The number of benzene rings is 1. The number of carbonyl (C=O) groups is 1. The van der Waals surface area contributed by atoms with Gasteiger partial charge in [0.15, 0.2) is 5.96 Å². The molecule has 1 N–H and O–H groups in total. The van der Waals surface area contributed by atoms with E-state index in [1.165, 1.54) is 0 Å². The topological polar surface area (TPSA) is 87.8 Å². The summed E-state index contributed by atoms with van der Waals surface area (Å²) in [7, 11) is 3.56. The van der Waals surface area contributed by atoms with Gasteiger partial charge in [-0.1, -0.05) is 30.3 Å². The first-order valence-corrected chi connectivity index (χ1v) is 10.5. The van der Waals surface area contributed by atoms with Crippen LogP contribution in [-0.2, 0) is 24.9 Å². The minimum atomic E-state index is -0.0137. The molecule has 1 aliphatic rings. The maximum Gasteiger partial charge on any atom is 0.250 e. The number of aliphatic imine (C=N–C) groups is 1. The molecule has 3 heterocycles. The van der Waals surface area contributed by atoms with Crippen molar-refractivity contribution in [2.75, 3.05) is 31.6 Å². The molecule has 1 amide bonds. The van der Waals surface area contributed by atoms with E-state index < -0.39 is 0 Å². The molecule has 0 spiro atoms. The van der Waals surface area contributed by atoms with E-state index >= 15 is 0 Å². The van der Waals surface area contributed by atoms with Gasteiger partial charge in [0.1, 0.15) is 6.54 Å². The molecule has 9 nitrogen and oxygen atoms in total. The van der Waals surface area contributed by atoms with Crippen LogP contribution in [0, 0.1) is 0 Å². The second-order valence-corrected chi connectivity index (χ2v) is 7.72. The fourth-order valence-electron chi connectivity index (χ4n) is 3.74. The molecule has 33 heavy (non-hydrogen) atoms. The number of piperazine rings is 1. The van der Waals surface area contributed by atoms with Crippen LogP contribution in [0.5, 0.6) is 0 Å². The van der Waals surface area contributed by atoms with Crippen molar-refractivity contribution in [2.45, 2.75) is 13.1 Å². The normalized spacial score (nSPS) is 14.2. The lowest BCUT2D eigenvalue weighted by Crippen LogP contribution is -2.55. The van der Waals surface area contributed by atoms with Gasteiger partial charge in [0.2, 0.25) is 5.91 Å². The number of anilines is 1. The highest BCUT2D eigenvalue weighted by Gasteiger charge is 2.27. The summed E-state index contributed by atoms with van der Waals surface area (Å²) < 4.78 is 3.37. The van der Waals surface area contributed by atoms with Gasteiger partial charge in [-0.15, -0.1) is 24.0 Å². The number of rotatable bonds is 5. The van der Waals surface area contributed by atoms with Gasteiger partial charge in [0.05, 0.1) is 18.4 Å². The third kappa shape index (κ3) is 6.01. The predicted octanol–water partition coefficient (Wildman–Crippen LogP) is 1.67. The van der Waals surface area contributed by atoms with Gasteiger partial charge < -0.3 is 19.7 Å². The summed E-state index contributed by atoms with van der Waals surface area (Å²) in [4.78, 5) is 32.6. The smallest absolute Gasteiger partial charge is 0.250 e. The zero-order chi connectivity index (χ0) is 22.5. The standard InChI is InChI=1S/C23H27N7O2.HI/c1-24-23(29-11-12-30(22(32)17-29)20-14-26-27(2)16-20)25-13-18-6-8-19(9-7-18)15-28-10-4-3-5-21(28)31;/h3-10,14,16H,11-13,15,17H2,1-2H3,(H,24,25);1H. The van der Waals surface area contributed by atoms with Crippen molar-refractivity contribution in [3.63, 3.8) is 0 Å². The maximum absolute atomic E-state index is 12.7. The Morgan fingerprint density at radius 1 is 1.09 bits per heavy atom. The molecule has 10 heteroatoms. The summed E-state index contributed by atoms with van der Waals surface area (Å²) in [5, 5.41) is 7.50. The van der Waals surface area contributed by atoms with E-state index in [0.717, 1.165) is 16.8 Å². The summed E-state index contributed by atoms with van der Waals surface area (Å²) in [6.45, 7) is 2.66. The highest BCUT2D eigenvalue weighted by molar-refractivity contribution is 14.0. The molecule has 0 atom stereocenters. The molecular weight excluding hydrogens is 533 g/mol. The molecule has 2 aromatic heterocycles. The number of halogens is 1. The van der Waals surface area contributed by atoms with E-state index in [9.17, 15) is 9.59 Å². The van der Waals surface area contributed by atoms with Crippen molar-refractivity contribution in [1.82, 2.24) is 24.6 Å². The quantitative estimate of drug-likeness (QED) is 0.291. The van der Waals surface area contributed by atoms with Crippen LogP contribution in [0.25, 0.3) is 0 Å². The number of nitrogens with one attached hydrogen (secondary N) is 1. The van der Waals surface area contributed by atoms with Gasteiger partial charge in [-0.3, -0.25) is 19.3 Å². The van der Waals surface area contributed by atoms with E-state index in [4.69, 9.17) is 0 Å². The molecule has 1 aliphatic heterocycles. The van der Waals surface area contributed by atoms with E-state index in [0.29, 0.717) is 32.1 Å². The van der Waals surface area contributed by atoms with Crippen molar-refractivity contribution >= 4 is 41.5 Å². The summed E-state index contributed by atoms with van der Waals surface area (Å²) in [5.41, 5.74) is 2.96. The molecule has 1 aromatic carbocycles. The Morgan fingerprint density at radius 3 is 2.48 bits per heavy atom. The second kappa shape index (κ2) is 11.1. The number of aryl methyl sites for hydroxylation is 1. The Labute approximate surface area is 209 Å². The molecule has 1 saturated heterocycles. The fraction of sp³-hybridized carbons (Fsp3) is 0.304. The van der Waals surface area contributed by atoms with Crippen LogP contribution in [0.15, 0.2) is 70.8 Å². The van der Waals surface area contributed by atoms with Crippen LogP contribution in [0.3, 0.4) is 0 Å². The molecule has 0 saturated carbocycles. The van der Waals surface area contributed by atoms with Gasteiger partial charge in [-0.2, -0.15) is 5.10 Å². The lowest BCUT2D eigenvalue weighted by atomic mass is 10.1. The lowest BCUT2D eigenvalue weighted by Gasteiger charge is -2.35. The van der Waals surface area contributed by atoms with Crippen molar-refractivity contribution < 1.29 is 4.79 Å².